The van der Waals surface area contributed by atoms with Gasteiger partial charge in [0.1, 0.15) is 18.1 Å². The standard InChI is InChI=1S/C18H22N2O5S/c1-20(26(2,22)23)15-8-10-17(11-9-15)25-14-18(21)19-12-13-24-16-6-4-3-5-7-16/h3-11H,12-14H2,1-2H3,(H,19,21). The number of para-hydroxylation sites is 1. The number of ether oxygens (including phenoxy) is 2. The van der Waals surface area contributed by atoms with Gasteiger partial charge in [-0.1, -0.05) is 18.2 Å². The van der Waals surface area contributed by atoms with Crippen molar-refractivity contribution in [3.8, 4) is 11.5 Å². The molecule has 1 amide bonds. The van der Waals surface area contributed by atoms with E-state index in [0.717, 1.165) is 16.3 Å². The highest BCUT2D eigenvalue weighted by molar-refractivity contribution is 7.92. The van der Waals surface area contributed by atoms with Crippen molar-refractivity contribution in [2.24, 2.45) is 0 Å². The molecule has 0 aromatic heterocycles. The summed E-state index contributed by atoms with van der Waals surface area (Å²) in [6, 6.07) is 15.8. The van der Waals surface area contributed by atoms with Crippen LogP contribution in [0.3, 0.4) is 0 Å². The Morgan fingerprint density at radius 1 is 1.00 bits per heavy atom. The van der Waals surface area contributed by atoms with Gasteiger partial charge in [-0.3, -0.25) is 9.10 Å². The van der Waals surface area contributed by atoms with Gasteiger partial charge in [-0.15, -0.1) is 0 Å². The zero-order chi connectivity index (χ0) is 19.0. The molecule has 0 radical (unpaired) electrons. The second-order valence-electron chi connectivity index (χ2n) is 5.52. The highest BCUT2D eigenvalue weighted by Crippen LogP contribution is 2.20. The van der Waals surface area contributed by atoms with Crippen LogP contribution in [-0.2, 0) is 14.8 Å². The minimum atomic E-state index is -3.31. The Balaban J connectivity index is 1.70. The molecule has 2 aromatic rings. The number of nitrogens with one attached hydrogen (secondary N) is 1. The summed E-state index contributed by atoms with van der Waals surface area (Å²) >= 11 is 0. The lowest BCUT2D eigenvalue weighted by Gasteiger charge is -2.16. The van der Waals surface area contributed by atoms with Crippen molar-refractivity contribution in [2.45, 2.75) is 0 Å². The van der Waals surface area contributed by atoms with Crippen LogP contribution >= 0.6 is 0 Å². The lowest BCUT2D eigenvalue weighted by atomic mass is 10.3. The molecule has 0 aliphatic heterocycles. The molecular weight excluding hydrogens is 356 g/mol. The van der Waals surface area contributed by atoms with Crippen LogP contribution in [0.15, 0.2) is 54.6 Å². The second-order valence-corrected chi connectivity index (χ2v) is 7.54. The fourth-order valence-corrected chi connectivity index (χ4v) is 2.52. The summed E-state index contributed by atoms with van der Waals surface area (Å²) < 4.78 is 35.0. The van der Waals surface area contributed by atoms with Crippen molar-refractivity contribution in [1.82, 2.24) is 5.32 Å². The summed E-state index contributed by atoms with van der Waals surface area (Å²) in [5.41, 5.74) is 0.516. The number of rotatable bonds is 9. The van der Waals surface area contributed by atoms with Gasteiger partial charge < -0.3 is 14.8 Å². The van der Waals surface area contributed by atoms with E-state index >= 15 is 0 Å². The van der Waals surface area contributed by atoms with Gasteiger partial charge in [-0.2, -0.15) is 0 Å². The van der Waals surface area contributed by atoms with Gasteiger partial charge in [-0.25, -0.2) is 8.42 Å². The molecule has 2 aromatic carbocycles. The number of carbonyl (C=O) groups is 1. The number of benzene rings is 2. The molecule has 0 fully saturated rings. The molecule has 0 atom stereocenters. The maximum absolute atomic E-state index is 11.8. The van der Waals surface area contributed by atoms with Crippen molar-refractivity contribution in [1.29, 1.82) is 0 Å². The summed E-state index contributed by atoms with van der Waals surface area (Å²) in [6.45, 7) is 0.601. The van der Waals surface area contributed by atoms with E-state index in [-0.39, 0.29) is 12.5 Å². The number of hydrogen-bond acceptors (Lipinski definition) is 5. The number of hydrogen-bond donors (Lipinski definition) is 1. The van der Waals surface area contributed by atoms with Crippen LogP contribution < -0.4 is 19.1 Å². The molecule has 0 saturated heterocycles. The Kier molecular flexibility index (Phi) is 6.85. The van der Waals surface area contributed by atoms with Gasteiger partial charge in [0.2, 0.25) is 10.0 Å². The smallest absolute Gasteiger partial charge is 0.258 e. The quantitative estimate of drug-likeness (QED) is 0.671. The van der Waals surface area contributed by atoms with Crippen molar-refractivity contribution in [3.05, 3.63) is 54.6 Å². The van der Waals surface area contributed by atoms with Crippen molar-refractivity contribution in [3.63, 3.8) is 0 Å². The number of amides is 1. The van der Waals surface area contributed by atoms with E-state index in [2.05, 4.69) is 5.32 Å². The summed E-state index contributed by atoms with van der Waals surface area (Å²) in [6.07, 6.45) is 1.13. The molecule has 0 spiro atoms. The highest BCUT2D eigenvalue weighted by Gasteiger charge is 2.11. The minimum Gasteiger partial charge on any atom is -0.492 e. The van der Waals surface area contributed by atoms with Crippen molar-refractivity contribution in [2.75, 3.05) is 37.4 Å². The third-order valence-corrected chi connectivity index (χ3v) is 4.71. The Labute approximate surface area is 153 Å². The van der Waals surface area contributed by atoms with E-state index in [1.54, 1.807) is 24.3 Å². The van der Waals surface area contributed by atoms with Crippen LogP contribution in [0.5, 0.6) is 11.5 Å². The fourth-order valence-electron chi connectivity index (χ4n) is 2.02. The van der Waals surface area contributed by atoms with E-state index in [1.165, 1.54) is 7.05 Å². The summed E-state index contributed by atoms with van der Waals surface area (Å²) in [4.78, 5) is 11.8. The monoisotopic (exact) mass is 378 g/mol. The molecule has 0 heterocycles. The molecule has 2 rings (SSSR count). The number of sulfonamides is 1. The normalized spacial score (nSPS) is 10.8. The van der Waals surface area contributed by atoms with Gasteiger partial charge in [0.15, 0.2) is 6.61 Å². The SMILES string of the molecule is CN(c1ccc(OCC(=O)NCCOc2ccccc2)cc1)S(C)(=O)=O. The maximum Gasteiger partial charge on any atom is 0.258 e. The third kappa shape index (κ3) is 6.29. The first-order valence-corrected chi connectivity index (χ1v) is 9.82. The average molecular weight is 378 g/mol. The fraction of sp³-hybridized carbons (Fsp3) is 0.278. The Hall–Kier alpha value is -2.74. The number of nitrogens with zero attached hydrogens (tertiary/aromatic N) is 1. The van der Waals surface area contributed by atoms with Gasteiger partial charge in [0, 0.05) is 7.05 Å². The topological polar surface area (TPSA) is 84.9 Å². The van der Waals surface area contributed by atoms with Crippen LogP contribution in [0.2, 0.25) is 0 Å². The summed E-state index contributed by atoms with van der Waals surface area (Å²) in [5.74, 6) is 0.961. The van der Waals surface area contributed by atoms with Crippen molar-refractivity contribution < 1.29 is 22.7 Å². The zero-order valence-corrected chi connectivity index (χ0v) is 15.5. The van der Waals surface area contributed by atoms with E-state index in [0.29, 0.717) is 24.6 Å². The molecule has 0 unspecified atom stereocenters. The Bertz CT molecular complexity index is 807. The Morgan fingerprint density at radius 3 is 2.23 bits per heavy atom. The predicted molar refractivity (Wildman–Crippen MR) is 100 cm³/mol. The first-order valence-electron chi connectivity index (χ1n) is 7.97. The highest BCUT2D eigenvalue weighted by atomic mass is 32.2. The Morgan fingerprint density at radius 2 is 1.62 bits per heavy atom. The lowest BCUT2D eigenvalue weighted by Crippen LogP contribution is -2.32. The molecule has 0 aliphatic carbocycles. The second kappa shape index (κ2) is 9.10. The largest absolute Gasteiger partial charge is 0.492 e. The van der Waals surface area contributed by atoms with E-state index in [9.17, 15) is 13.2 Å². The van der Waals surface area contributed by atoms with Crippen LogP contribution in [-0.4, -0.2) is 47.4 Å². The maximum atomic E-state index is 11.8. The van der Waals surface area contributed by atoms with E-state index in [1.807, 2.05) is 30.3 Å². The molecule has 26 heavy (non-hydrogen) atoms. The average Bonchev–Trinajstić information content (AvgIpc) is 2.63. The van der Waals surface area contributed by atoms with Gasteiger partial charge in [-0.05, 0) is 36.4 Å². The van der Waals surface area contributed by atoms with Crippen LogP contribution in [0.25, 0.3) is 0 Å². The molecule has 0 bridgehead atoms. The number of anilines is 1. The molecule has 8 heteroatoms. The van der Waals surface area contributed by atoms with Gasteiger partial charge in [0.05, 0.1) is 18.5 Å². The van der Waals surface area contributed by atoms with Crippen LogP contribution in [0.4, 0.5) is 5.69 Å². The first kappa shape index (κ1) is 19.6. The molecule has 0 saturated carbocycles. The molecular formula is C18H22N2O5S. The lowest BCUT2D eigenvalue weighted by molar-refractivity contribution is -0.123. The summed E-state index contributed by atoms with van der Waals surface area (Å²) in [7, 11) is -1.84. The number of carbonyl (C=O) groups excluding carboxylic acids is 1. The van der Waals surface area contributed by atoms with Crippen LogP contribution in [0.1, 0.15) is 0 Å². The first-order chi connectivity index (χ1) is 12.4. The minimum absolute atomic E-state index is 0.132. The molecule has 0 aliphatic rings. The van der Waals surface area contributed by atoms with Crippen molar-refractivity contribution >= 4 is 21.6 Å². The molecule has 140 valence electrons. The summed E-state index contributed by atoms with van der Waals surface area (Å²) in [5, 5.41) is 2.70. The van der Waals surface area contributed by atoms with Gasteiger partial charge in [0.25, 0.3) is 5.91 Å². The third-order valence-electron chi connectivity index (χ3n) is 3.50. The van der Waals surface area contributed by atoms with E-state index in [4.69, 9.17) is 9.47 Å². The van der Waals surface area contributed by atoms with E-state index < -0.39 is 10.0 Å². The molecule has 7 nitrogen and oxygen atoms in total. The predicted octanol–water partition coefficient (Wildman–Crippen LogP) is 1.66. The van der Waals surface area contributed by atoms with Crippen LogP contribution in [0, 0.1) is 0 Å². The molecule has 1 N–H and O–H groups in total. The zero-order valence-electron chi connectivity index (χ0n) is 14.7. The van der Waals surface area contributed by atoms with Gasteiger partial charge >= 0.3 is 0 Å².